The van der Waals surface area contributed by atoms with Crippen LogP contribution in [0, 0.1) is 0 Å². The molecule has 0 saturated carbocycles. The monoisotopic (exact) mass is 226 g/mol. The first-order valence-corrected chi connectivity index (χ1v) is 4.38. The molecule has 0 aromatic rings. The standard InChI is InChI=1S/C10H10O6/c1-3-7(11)14-5-9(13)16-10-6(2)4-8(12)15-10/h3,10H,1-2,4-5H2. The van der Waals surface area contributed by atoms with Crippen LogP contribution >= 0.6 is 0 Å². The van der Waals surface area contributed by atoms with E-state index in [1.165, 1.54) is 0 Å². The minimum absolute atomic E-state index is 0.0182. The average molecular weight is 226 g/mol. The molecule has 0 radical (unpaired) electrons. The highest BCUT2D eigenvalue weighted by molar-refractivity contribution is 5.84. The summed E-state index contributed by atoms with van der Waals surface area (Å²) in [5, 5.41) is 0. The quantitative estimate of drug-likeness (QED) is 0.384. The van der Waals surface area contributed by atoms with E-state index in [9.17, 15) is 14.4 Å². The molecule has 1 aliphatic rings. The largest absolute Gasteiger partial charge is 0.451 e. The Kier molecular flexibility index (Phi) is 3.82. The number of cyclic esters (lactones) is 1. The van der Waals surface area contributed by atoms with Crippen LogP contribution in [0.4, 0.5) is 0 Å². The van der Waals surface area contributed by atoms with E-state index in [0.29, 0.717) is 5.57 Å². The van der Waals surface area contributed by atoms with Gasteiger partial charge in [0, 0.05) is 11.6 Å². The zero-order valence-corrected chi connectivity index (χ0v) is 8.43. The SMILES string of the molecule is C=CC(=O)OCC(=O)OC1OC(=O)CC1=C. The summed E-state index contributed by atoms with van der Waals surface area (Å²) in [6.07, 6.45) is -0.144. The smallest absolute Gasteiger partial charge is 0.347 e. The van der Waals surface area contributed by atoms with Gasteiger partial charge in [-0.2, -0.15) is 0 Å². The molecule has 1 unspecified atom stereocenters. The molecule has 6 nitrogen and oxygen atoms in total. The molecule has 0 bridgehead atoms. The van der Waals surface area contributed by atoms with E-state index >= 15 is 0 Å². The van der Waals surface area contributed by atoms with E-state index in [2.05, 4.69) is 22.6 Å². The van der Waals surface area contributed by atoms with Crippen LogP contribution in [0.3, 0.4) is 0 Å². The van der Waals surface area contributed by atoms with Crippen molar-refractivity contribution in [2.24, 2.45) is 0 Å². The number of esters is 3. The molecule has 0 N–H and O–H groups in total. The van der Waals surface area contributed by atoms with Crippen molar-refractivity contribution in [3.05, 3.63) is 24.8 Å². The van der Waals surface area contributed by atoms with Gasteiger partial charge >= 0.3 is 17.9 Å². The highest BCUT2D eigenvalue weighted by Crippen LogP contribution is 2.20. The van der Waals surface area contributed by atoms with Crippen molar-refractivity contribution < 1.29 is 28.6 Å². The molecular weight excluding hydrogens is 216 g/mol. The van der Waals surface area contributed by atoms with Crippen molar-refractivity contribution in [2.45, 2.75) is 12.7 Å². The molecule has 0 aromatic carbocycles. The van der Waals surface area contributed by atoms with E-state index in [-0.39, 0.29) is 6.42 Å². The molecule has 1 fully saturated rings. The predicted molar refractivity (Wildman–Crippen MR) is 50.9 cm³/mol. The lowest BCUT2D eigenvalue weighted by Gasteiger charge is -2.11. The van der Waals surface area contributed by atoms with Crippen LogP contribution in [-0.4, -0.2) is 30.8 Å². The normalized spacial score (nSPS) is 18.9. The number of carbonyl (C=O) groups is 3. The van der Waals surface area contributed by atoms with Gasteiger partial charge in [0.2, 0.25) is 0 Å². The molecule has 1 saturated heterocycles. The van der Waals surface area contributed by atoms with Gasteiger partial charge in [0.25, 0.3) is 6.29 Å². The third-order valence-electron chi connectivity index (χ3n) is 1.68. The maximum Gasteiger partial charge on any atom is 0.347 e. The molecule has 6 heteroatoms. The van der Waals surface area contributed by atoms with Gasteiger partial charge < -0.3 is 14.2 Å². The summed E-state index contributed by atoms with van der Waals surface area (Å²) in [6.45, 7) is 6.09. The van der Waals surface area contributed by atoms with Gasteiger partial charge in [-0.15, -0.1) is 0 Å². The first kappa shape index (κ1) is 12.0. The lowest BCUT2D eigenvalue weighted by Crippen LogP contribution is -2.23. The zero-order chi connectivity index (χ0) is 12.1. The number of ether oxygens (including phenoxy) is 3. The molecule has 0 aromatic heterocycles. The van der Waals surface area contributed by atoms with Crippen molar-refractivity contribution in [1.29, 1.82) is 0 Å². The van der Waals surface area contributed by atoms with Gasteiger partial charge in [-0.05, 0) is 0 Å². The fourth-order valence-electron chi connectivity index (χ4n) is 0.963. The number of rotatable bonds is 4. The Morgan fingerprint density at radius 2 is 2.25 bits per heavy atom. The van der Waals surface area contributed by atoms with Gasteiger partial charge in [-0.25, -0.2) is 9.59 Å². The van der Waals surface area contributed by atoms with E-state index in [4.69, 9.17) is 4.74 Å². The summed E-state index contributed by atoms with van der Waals surface area (Å²) < 4.78 is 13.8. The third kappa shape index (κ3) is 3.23. The first-order chi connectivity index (χ1) is 7.52. The fourth-order valence-corrected chi connectivity index (χ4v) is 0.963. The second-order valence-corrected chi connectivity index (χ2v) is 2.96. The highest BCUT2D eigenvalue weighted by atomic mass is 16.7. The van der Waals surface area contributed by atoms with Crippen LogP contribution in [0.2, 0.25) is 0 Å². The Bertz CT molecular complexity index is 356. The second kappa shape index (κ2) is 5.11. The Hall–Kier alpha value is -2.11. The lowest BCUT2D eigenvalue weighted by atomic mass is 10.2. The van der Waals surface area contributed by atoms with Crippen molar-refractivity contribution >= 4 is 17.9 Å². The fraction of sp³-hybridized carbons (Fsp3) is 0.300. The molecule has 1 atom stereocenters. The summed E-state index contributed by atoms with van der Waals surface area (Å²) in [6, 6.07) is 0. The van der Waals surface area contributed by atoms with E-state index < -0.39 is 30.8 Å². The van der Waals surface area contributed by atoms with Gasteiger partial charge in [0.1, 0.15) is 0 Å². The van der Waals surface area contributed by atoms with E-state index in [0.717, 1.165) is 6.08 Å². The molecule has 0 spiro atoms. The van der Waals surface area contributed by atoms with Crippen molar-refractivity contribution in [3.8, 4) is 0 Å². The Morgan fingerprint density at radius 3 is 2.75 bits per heavy atom. The van der Waals surface area contributed by atoms with Crippen molar-refractivity contribution in [3.63, 3.8) is 0 Å². The Labute approximate surface area is 91.5 Å². The van der Waals surface area contributed by atoms with Crippen LogP contribution in [-0.2, 0) is 28.6 Å². The van der Waals surface area contributed by atoms with Crippen molar-refractivity contribution in [2.75, 3.05) is 6.61 Å². The minimum atomic E-state index is -1.08. The van der Waals surface area contributed by atoms with Crippen LogP contribution in [0.1, 0.15) is 6.42 Å². The summed E-state index contributed by atoms with van der Waals surface area (Å²) in [5.41, 5.74) is 0.355. The molecule has 1 rings (SSSR count). The summed E-state index contributed by atoms with van der Waals surface area (Å²) >= 11 is 0. The molecule has 0 aliphatic carbocycles. The summed E-state index contributed by atoms with van der Waals surface area (Å²) in [7, 11) is 0. The third-order valence-corrected chi connectivity index (χ3v) is 1.68. The average Bonchev–Trinajstić information content (AvgIpc) is 2.54. The first-order valence-electron chi connectivity index (χ1n) is 4.38. The molecule has 0 amide bonds. The topological polar surface area (TPSA) is 78.9 Å². The van der Waals surface area contributed by atoms with E-state index in [1.807, 2.05) is 0 Å². The van der Waals surface area contributed by atoms with Crippen LogP contribution < -0.4 is 0 Å². The van der Waals surface area contributed by atoms with Gasteiger partial charge in [0.05, 0.1) is 6.42 Å². The molecule has 16 heavy (non-hydrogen) atoms. The van der Waals surface area contributed by atoms with Crippen LogP contribution in [0.15, 0.2) is 24.8 Å². The van der Waals surface area contributed by atoms with Crippen molar-refractivity contribution in [1.82, 2.24) is 0 Å². The highest BCUT2D eigenvalue weighted by Gasteiger charge is 2.30. The van der Waals surface area contributed by atoms with E-state index in [1.54, 1.807) is 0 Å². The summed E-state index contributed by atoms with van der Waals surface area (Å²) in [5.74, 6) is -2.07. The minimum Gasteiger partial charge on any atom is -0.451 e. The van der Waals surface area contributed by atoms with Crippen LogP contribution in [0.5, 0.6) is 0 Å². The van der Waals surface area contributed by atoms with Gasteiger partial charge in [0.15, 0.2) is 6.61 Å². The molecular formula is C10H10O6. The zero-order valence-electron chi connectivity index (χ0n) is 8.43. The predicted octanol–water partition coefficient (Wildman–Crippen LogP) is 0.0880. The second-order valence-electron chi connectivity index (χ2n) is 2.96. The Balaban J connectivity index is 2.34. The van der Waals surface area contributed by atoms with Gasteiger partial charge in [-0.3, -0.25) is 4.79 Å². The lowest BCUT2D eigenvalue weighted by molar-refractivity contribution is -0.178. The number of carbonyl (C=O) groups excluding carboxylic acids is 3. The summed E-state index contributed by atoms with van der Waals surface area (Å²) in [4.78, 5) is 32.5. The number of hydrogen-bond acceptors (Lipinski definition) is 6. The Morgan fingerprint density at radius 1 is 1.56 bits per heavy atom. The molecule has 86 valence electrons. The molecule has 1 aliphatic heterocycles. The van der Waals surface area contributed by atoms with Gasteiger partial charge in [-0.1, -0.05) is 13.2 Å². The van der Waals surface area contributed by atoms with Crippen LogP contribution in [0.25, 0.3) is 0 Å². The molecule has 1 heterocycles. The number of hydrogen-bond donors (Lipinski definition) is 0. The maximum absolute atomic E-state index is 11.1. The maximum atomic E-state index is 11.1.